The number of fused-ring (bicyclic) bond motifs is 1. The second kappa shape index (κ2) is 2.77. The molecule has 0 saturated carbocycles. The molecule has 0 aromatic rings. The minimum Gasteiger partial charge on any atom is -0.465 e. The van der Waals surface area contributed by atoms with E-state index in [1.165, 1.54) is 10.5 Å². The van der Waals surface area contributed by atoms with Crippen LogP contribution in [0.1, 0.15) is 12.8 Å². The van der Waals surface area contributed by atoms with Crippen LogP contribution in [0.2, 0.25) is 0 Å². The van der Waals surface area contributed by atoms with Crippen LogP contribution in [0.15, 0.2) is 39.6 Å². The Morgan fingerprint density at radius 3 is 3.54 bits per heavy atom. The normalized spacial score (nSPS) is 29.5. The predicted octanol–water partition coefficient (Wildman–Crippen LogP) is 2.61. The lowest BCUT2D eigenvalue weighted by molar-refractivity contribution is 0.345. The summed E-state index contributed by atoms with van der Waals surface area (Å²) in [7, 11) is 0. The molecule has 2 nitrogen and oxygen atoms in total. The molecule has 3 aliphatic rings. The Labute approximate surface area is 81.1 Å². The SMILES string of the molecule is C1=COC2=C(C1)C[C@@H]1N=CSC1=C2. The van der Waals surface area contributed by atoms with Gasteiger partial charge in [0.1, 0.15) is 5.76 Å². The fourth-order valence-electron chi connectivity index (χ4n) is 1.78. The van der Waals surface area contributed by atoms with E-state index in [9.17, 15) is 0 Å². The summed E-state index contributed by atoms with van der Waals surface area (Å²) >= 11 is 1.71. The first-order chi connectivity index (χ1) is 6.43. The minimum atomic E-state index is 0.388. The molecule has 0 N–H and O–H groups in total. The first-order valence-corrected chi connectivity index (χ1v) is 5.25. The maximum absolute atomic E-state index is 5.44. The van der Waals surface area contributed by atoms with Crippen LogP contribution in [0.3, 0.4) is 0 Å². The third kappa shape index (κ3) is 1.15. The summed E-state index contributed by atoms with van der Waals surface area (Å²) in [5.74, 6) is 1.05. The van der Waals surface area contributed by atoms with E-state index in [0.717, 1.165) is 18.6 Å². The second-order valence-corrected chi connectivity index (χ2v) is 4.22. The number of rotatable bonds is 0. The van der Waals surface area contributed by atoms with Gasteiger partial charge >= 0.3 is 0 Å². The van der Waals surface area contributed by atoms with Gasteiger partial charge in [-0.25, -0.2) is 0 Å². The van der Waals surface area contributed by atoms with Crippen LogP contribution < -0.4 is 0 Å². The highest BCUT2D eigenvalue weighted by molar-refractivity contribution is 8.15. The summed E-state index contributed by atoms with van der Waals surface area (Å²) < 4.78 is 5.44. The standard InChI is InChI=1S/C10H9NOS/c1-2-7-4-8-10(13-6-11-8)5-9(7)12-3-1/h1,3,5-6,8H,2,4H2/t8-/m0/s1. The van der Waals surface area contributed by atoms with E-state index >= 15 is 0 Å². The van der Waals surface area contributed by atoms with E-state index in [1.54, 1.807) is 18.0 Å². The number of thioether (sulfide) groups is 1. The van der Waals surface area contributed by atoms with Crippen LogP contribution in [0.25, 0.3) is 0 Å². The molecular weight excluding hydrogens is 182 g/mol. The van der Waals surface area contributed by atoms with E-state index in [2.05, 4.69) is 17.1 Å². The molecular formula is C10H9NOS. The number of hydrogen-bond donors (Lipinski definition) is 0. The van der Waals surface area contributed by atoms with Crippen molar-refractivity contribution in [3.05, 3.63) is 34.7 Å². The van der Waals surface area contributed by atoms with Gasteiger partial charge in [-0.05, 0) is 30.6 Å². The summed E-state index contributed by atoms with van der Waals surface area (Å²) in [6.07, 6.45) is 8.02. The van der Waals surface area contributed by atoms with Crippen LogP contribution in [-0.4, -0.2) is 11.6 Å². The fourth-order valence-corrected chi connectivity index (χ4v) is 2.58. The Kier molecular flexibility index (Phi) is 1.59. The largest absolute Gasteiger partial charge is 0.465 e. The third-order valence-corrected chi connectivity index (χ3v) is 3.36. The number of nitrogens with zero attached hydrogens (tertiary/aromatic N) is 1. The number of allylic oxidation sites excluding steroid dienone is 2. The maximum atomic E-state index is 5.44. The van der Waals surface area contributed by atoms with Crippen molar-refractivity contribution in [3.8, 4) is 0 Å². The average Bonchev–Trinajstić information content (AvgIpc) is 2.61. The second-order valence-electron chi connectivity index (χ2n) is 3.30. The van der Waals surface area contributed by atoms with E-state index in [1.807, 2.05) is 5.55 Å². The molecule has 3 heteroatoms. The van der Waals surface area contributed by atoms with Gasteiger partial charge in [-0.3, -0.25) is 4.99 Å². The molecule has 13 heavy (non-hydrogen) atoms. The summed E-state index contributed by atoms with van der Waals surface area (Å²) in [6.45, 7) is 0. The molecule has 0 saturated heterocycles. The quantitative estimate of drug-likeness (QED) is 0.587. The number of hydrogen-bond acceptors (Lipinski definition) is 3. The monoisotopic (exact) mass is 191 g/mol. The van der Waals surface area contributed by atoms with E-state index in [0.29, 0.717) is 6.04 Å². The Morgan fingerprint density at radius 2 is 2.54 bits per heavy atom. The zero-order valence-corrected chi connectivity index (χ0v) is 7.88. The lowest BCUT2D eigenvalue weighted by Gasteiger charge is -2.22. The molecule has 2 aliphatic heterocycles. The van der Waals surface area contributed by atoms with Crippen molar-refractivity contribution in [3.63, 3.8) is 0 Å². The Morgan fingerprint density at radius 1 is 1.54 bits per heavy atom. The van der Waals surface area contributed by atoms with Crippen molar-refractivity contribution in [1.29, 1.82) is 0 Å². The smallest absolute Gasteiger partial charge is 0.126 e. The number of ether oxygens (including phenoxy) is 1. The minimum absolute atomic E-state index is 0.388. The molecule has 0 amide bonds. The van der Waals surface area contributed by atoms with Crippen LogP contribution in [0.4, 0.5) is 0 Å². The van der Waals surface area contributed by atoms with Crippen LogP contribution >= 0.6 is 11.8 Å². The maximum Gasteiger partial charge on any atom is 0.126 e. The van der Waals surface area contributed by atoms with Crippen LogP contribution in [0.5, 0.6) is 0 Å². The predicted molar refractivity (Wildman–Crippen MR) is 54.4 cm³/mol. The lowest BCUT2D eigenvalue weighted by atomic mass is 9.96. The lowest BCUT2D eigenvalue weighted by Crippen LogP contribution is -2.12. The first kappa shape index (κ1) is 7.44. The molecule has 0 spiro atoms. The molecule has 0 unspecified atom stereocenters. The van der Waals surface area contributed by atoms with Crippen molar-refractivity contribution >= 4 is 17.3 Å². The highest BCUT2D eigenvalue weighted by Crippen LogP contribution is 2.38. The highest BCUT2D eigenvalue weighted by atomic mass is 32.2. The van der Waals surface area contributed by atoms with Crippen molar-refractivity contribution in [2.75, 3.05) is 0 Å². The fraction of sp³-hybridized carbons (Fsp3) is 0.300. The molecule has 0 radical (unpaired) electrons. The zero-order chi connectivity index (χ0) is 8.67. The molecule has 0 bridgehead atoms. The molecule has 3 rings (SSSR count). The first-order valence-electron chi connectivity index (χ1n) is 4.37. The van der Waals surface area contributed by atoms with Crippen molar-refractivity contribution < 1.29 is 4.74 Å². The highest BCUT2D eigenvalue weighted by Gasteiger charge is 2.26. The molecule has 1 atom stereocenters. The van der Waals surface area contributed by atoms with E-state index in [4.69, 9.17) is 4.74 Å². The van der Waals surface area contributed by atoms with Gasteiger partial charge in [-0.1, -0.05) is 11.8 Å². The van der Waals surface area contributed by atoms with Crippen molar-refractivity contribution in [1.82, 2.24) is 0 Å². The van der Waals surface area contributed by atoms with Gasteiger partial charge in [0.05, 0.1) is 17.9 Å². The van der Waals surface area contributed by atoms with Crippen molar-refractivity contribution in [2.45, 2.75) is 18.9 Å². The third-order valence-electron chi connectivity index (χ3n) is 2.48. The molecule has 2 heterocycles. The topological polar surface area (TPSA) is 21.6 Å². The molecule has 0 fully saturated rings. The van der Waals surface area contributed by atoms with Crippen LogP contribution in [0, 0.1) is 0 Å². The van der Waals surface area contributed by atoms with Gasteiger partial charge < -0.3 is 4.74 Å². The van der Waals surface area contributed by atoms with Gasteiger partial charge in [0.25, 0.3) is 0 Å². The average molecular weight is 191 g/mol. The van der Waals surface area contributed by atoms with E-state index < -0.39 is 0 Å². The van der Waals surface area contributed by atoms with Crippen molar-refractivity contribution in [2.24, 2.45) is 4.99 Å². The summed E-state index contributed by atoms with van der Waals surface area (Å²) in [5.41, 5.74) is 3.32. The summed E-state index contributed by atoms with van der Waals surface area (Å²) in [5, 5.41) is 0. The Balaban J connectivity index is 1.97. The van der Waals surface area contributed by atoms with Gasteiger partial charge in [0, 0.05) is 4.91 Å². The van der Waals surface area contributed by atoms with Crippen LogP contribution in [-0.2, 0) is 4.74 Å². The van der Waals surface area contributed by atoms with Gasteiger partial charge in [0.2, 0.25) is 0 Å². The van der Waals surface area contributed by atoms with Gasteiger partial charge in [-0.2, -0.15) is 0 Å². The zero-order valence-electron chi connectivity index (χ0n) is 7.06. The van der Waals surface area contributed by atoms with E-state index in [-0.39, 0.29) is 0 Å². The van der Waals surface area contributed by atoms with Gasteiger partial charge in [0.15, 0.2) is 0 Å². The van der Waals surface area contributed by atoms with Gasteiger partial charge in [-0.15, -0.1) is 0 Å². The molecule has 0 aromatic carbocycles. The Bertz CT molecular complexity index is 365. The molecule has 0 aromatic heterocycles. The summed E-state index contributed by atoms with van der Waals surface area (Å²) in [4.78, 5) is 5.73. The summed E-state index contributed by atoms with van der Waals surface area (Å²) in [6, 6.07) is 0.388. The number of aliphatic imine (C=N–C) groups is 1. The Hall–Kier alpha value is -0.960. The molecule has 66 valence electrons. The molecule has 1 aliphatic carbocycles.